The topological polar surface area (TPSA) is 68.3 Å². The molecule has 2 aromatic rings. The fraction of sp³-hybridized carbons (Fsp3) is 0.438. The van der Waals surface area contributed by atoms with Gasteiger partial charge in [-0.3, -0.25) is 4.79 Å². The lowest BCUT2D eigenvalue weighted by molar-refractivity contribution is 0.0906. The molecule has 1 aliphatic carbocycles. The van der Waals surface area contributed by atoms with Crippen molar-refractivity contribution in [2.75, 3.05) is 13.1 Å². The summed E-state index contributed by atoms with van der Waals surface area (Å²) < 4.78 is 5.57. The number of hydrogen-bond acceptors (Lipinski definition) is 3. The third-order valence-electron chi connectivity index (χ3n) is 4.37. The van der Waals surface area contributed by atoms with Gasteiger partial charge in [0.2, 0.25) is 0 Å². The van der Waals surface area contributed by atoms with E-state index in [1.807, 2.05) is 24.3 Å². The van der Waals surface area contributed by atoms with Crippen molar-refractivity contribution in [1.29, 1.82) is 0 Å². The van der Waals surface area contributed by atoms with Crippen molar-refractivity contribution >= 4 is 16.9 Å². The van der Waals surface area contributed by atoms with Gasteiger partial charge in [-0.2, -0.15) is 0 Å². The fourth-order valence-corrected chi connectivity index (χ4v) is 3.03. The smallest absolute Gasteiger partial charge is 0.287 e. The molecule has 0 spiro atoms. The second-order valence-corrected chi connectivity index (χ2v) is 5.74. The Bertz CT molecular complexity index is 579. The van der Waals surface area contributed by atoms with E-state index in [1.165, 1.54) is 12.8 Å². The Balaban J connectivity index is 1.69. The molecule has 4 nitrogen and oxygen atoms in total. The number of nitrogens with two attached hydrogens (primary N) is 1. The predicted octanol–water partition coefficient (Wildman–Crippen LogP) is 2.68. The third-order valence-corrected chi connectivity index (χ3v) is 4.37. The first-order chi connectivity index (χ1) is 9.72. The molecule has 106 valence electrons. The van der Waals surface area contributed by atoms with Crippen LogP contribution in [0.25, 0.3) is 11.0 Å². The fourth-order valence-electron chi connectivity index (χ4n) is 3.03. The molecule has 20 heavy (non-hydrogen) atoms. The second kappa shape index (κ2) is 5.29. The molecule has 1 aliphatic rings. The summed E-state index contributed by atoms with van der Waals surface area (Å²) in [6.45, 7) is 1.27. The summed E-state index contributed by atoms with van der Waals surface area (Å²) in [4.78, 5) is 12.2. The van der Waals surface area contributed by atoms with E-state index in [4.69, 9.17) is 10.2 Å². The summed E-state index contributed by atoms with van der Waals surface area (Å²) in [7, 11) is 0. The number of amides is 1. The molecule has 1 fully saturated rings. The van der Waals surface area contributed by atoms with Crippen molar-refractivity contribution in [3.05, 3.63) is 36.1 Å². The van der Waals surface area contributed by atoms with Gasteiger partial charge in [-0.05, 0) is 36.9 Å². The molecule has 0 aliphatic heterocycles. The summed E-state index contributed by atoms with van der Waals surface area (Å²) in [6.07, 6.45) is 4.61. The van der Waals surface area contributed by atoms with Gasteiger partial charge < -0.3 is 15.5 Å². The zero-order valence-corrected chi connectivity index (χ0v) is 11.5. The summed E-state index contributed by atoms with van der Waals surface area (Å²) in [5.41, 5.74) is 6.71. The van der Waals surface area contributed by atoms with E-state index in [0.29, 0.717) is 18.8 Å². The highest BCUT2D eigenvalue weighted by Gasteiger charge is 2.33. The molecule has 4 heteroatoms. The minimum atomic E-state index is -0.152. The molecular formula is C16H20N2O2. The number of hydrogen-bond donors (Lipinski definition) is 2. The monoisotopic (exact) mass is 272 g/mol. The molecule has 1 heterocycles. The molecule has 0 saturated heterocycles. The van der Waals surface area contributed by atoms with E-state index in [-0.39, 0.29) is 11.3 Å². The highest BCUT2D eigenvalue weighted by molar-refractivity contribution is 5.96. The van der Waals surface area contributed by atoms with Crippen LogP contribution in [0.1, 0.15) is 36.2 Å². The molecule has 1 aromatic carbocycles. The Hall–Kier alpha value is -1.81. The summed E-state index contributed by atoms with van der Waals surface area (Å²) >= 11 is 0. The van der Waals surface area contributed by atoms with Gasteiger partial charge in [-0.25, -0.2) is 0 Å². The molecule has 0 unspecified atom stereocenters. The van der Waals surface area contributed by atoms with Gasteiger partial charge in [-0.1, -0.05) is 31.0 Å². The second-order valence-electron chi connectivity index (χ2n) is 5.74. The van der Waals surface area contributed by atoms with Crippen LogP contribution in [0, 0.1) is 5.41 Å². The van der Waals surface area contributed by atoms with Crippen LogP contribution in [-0.2, 0) is 0 Å². The van der Waals surface area contributed by atoms with Gasteiger partial charge in [-0.15, -0.1) is 0 Å². The minimum absolute atomic E-state index is 0.0850. The van der Waals surface area contributed by atoms with Crippen molar-refractivity contribution in [2.45, 2.75) is 25.7 Å². The van der Waals surface area contributed by atoms with Crippen LogP contribution in [0.4, 0.5) is 0 Å². The number of para-hydroxylation sites is 1. The molecular weight excluding hydrogens is 252 g/mol. The van der Waals surface area contributed by atoms with Crippen LogP contribution in [0.2, 0.25) is 0 Å². The standard InChI is InChI=1S/C16H20N2O2/c17-10-16(7-3-4-8-16)11-18-15(19)14-9-12-5-1-2-6-13(12)20-14/h1-2,5-6,9H,3-4,7-8,10-11,17H2,(H,18,19). The number of rotatable bonds is 4. The van der Waals surface area contributed by atoms with E-state index in [1.54, 1.807) is 6.07 Å². The summed E-state index contributed by atoms with van der Waals surface area (Å²) in [5.74, 6) is 0.220. The first-order valence-electron chi connectivity index (χ1n) is 7.19. The van der Waals surface area contributed by atoms with Crippen molar-refractivity contribution in [2.24, 2.45) is 11.1 Å². The quantitative estimate of drug-likeness (QED) is 0.899. The number of benzene rings is 1. The Morgan fingerprint density at radius 3 is 2.75 bits per heavy atom. The average Bonchev–Trinajstić information content (AvgIpc) is 3.12. The molecule has 3 rings (SSSR count). The van der Waals surface area contributed by atoms with E-state index >= 15 is 0 Å². The molecule has 1 aromatic heterocycles. The number of carbonyl (C=O) groups is 1. The van der Waals surface area contributed by atoms with Crippen LogP contribution in [0.15, 0.2) is 34.7 Å². The Morgan fingerprint density at radius 2 is 2.05 bits per heavy atom. The van der Waals surface area contributed by atoms with Crippen LogP contribution >= 0.6 is 0 Å². The number of furan rings is 1. The molecule has 1 saturated carbocycles. The molecule has 0 bridgehead atoms. The molecule has 1 amide bonds. The van der Waals surface area contributed by atoms with Gasteiger partial charge in [0.25, 0.3) is 5.91 Å². The lowest BCUT2D eigenvalue weighted by atomic mass is 9.86. The van der Waals surface area contributed by atoms with E-state index < -0.39 is 0 Å². The Kier molecular flexibility index (Phi) is 3.49. The SMILES string of the molecule is NCC1(CNC(=O)c2cc3ccccc3o2)CCCC1. The van der Waals surface area contributed by atoms with Crippen molar-refractivity contribution in [3.63, 3.8) is 0 Å². The maximum atomic E-state index is 12.2. The van der Waals surface area contributed by atoms with Crippen LogP contribution < -0.4 is 11.1 Å². The summed E-state index contributed by atoms with van der Waals surface area (Å²) in [5, 5.41) is 3.93. The van der Waals surface area contributed by atoms with Crippen LogP contribution in [-0.4, -0.2) is 19.0 Å². The number of nitrogens with one attached hydrogen (secondary N) is 1. The van der Waals surface area contributed by atoms with Crippen molar-refractivity contribution in [1.82, 2.24) is 5.32 Å². The largest absolute Gasteiger partial charge is 0.451 e. The maximum absolute atomic E-state index is 12.2. The molecule has 0 atom stereocenters. The zero-order chi connectivity index (χ0) is 14.0. The van der Waals surface area contributed by atoms with E-state index in [9.17, 15) is 4.79 Å². The van der Waals surface area contributed by atoms with Gasteiger partial charge >= 0.3 is 0 Å². The normalized spacial score (nSPS) is 17.4. The van der Waals surface area contributed by atoms with Gasteiger partial charge in [0.1, 0.15) is 5.58 Å². The lowest BCUT2D eigenvalue weighted by Gasteiger charge is -2.27. The van der Waals surface area contributed by atoms with Gasteiger partial charge in [0.05, 0.1) is 0 Å². The highest BCUT2D eigenvalue weighted by Crippen LogP contribution is 2.36. The number of fused-ring (bicyclic) bond motifs is 1. The highest BCUT2D eigenvalue weighted by atomic mass is 16.3. The molecule has 0 radical (unpaired) electrons. The van der Waals surface area contributed by atoms with Gasteiger partial charge in [0.15, 0.2) is 5.76 Å². The Labute approximate surface area is 118 Å². The Morgan fingerprint density at radius 1 is 1.30 bits per heavy atom. The lowest BCUT2D eigenvalue weighted by Crippen LogP contribution is -2.40. The number of carbonyl (C=O) groups excluding carboxylic acids is 1. The zero-order valence-electron chi connectivity index (χ0n) is 11.5. The maximum Gasteiger partial charge on any atom is 0.287 e. The minimum Gasteiger partial charge on any atom is -0.451 e. The van der Waals surface area contributed by atoms with Crippen LogP contribution in [0.5, 0.6) is 0 Å². The first-order valence-corrected chi connectivity index (χ1v) is 7.19. The average molecular weight is 272 g/mol. The van der Waals surface area contributed by atoms with E-state index in [2.05, 4.69) is 5.32 Å². The van der Waals surface area contributed by atoms with Crippen molar-refractivity contribution < 1.29 is 9.21 Å². The van der Waals surface area contributed by atoms with Gasteiger partial charge in [0, 0.05) is 11.9 Å². The summed E-state index contributed by atoms with van der Waals surface area (Å²) in [6, 6.07) is 9.42. The van der Waals surface area contributed by atoms with Crippen molar-refractivity contribution in [3.8, 4) is 0 Å². The van der Waals surface area contributed by atoms with Crippen LogP contribution in [0.3, 0.4) is 0 Å². The van der Waals surface area contributed by atoms with E-state index in [0.717, 1.165) is 23.8 Å². The predicted molar refractivity (Wildman–Crippen MR) is 78.5 cm³/mol. The third kappa shape index (κ3) is 2.43. The first kappa shape index (κ1) is 13.2. The molecule has 3 N–H and O–H groups in total.